The molecular weight excluding hydrogens is 260 g/mol. The van der Waals surface area contributed by atoms with Crippen molar-refractivity contribution >= 4 is 23.2 Å². The zero-order valence-corrected chi connectivity index (χ0v) is 10.3. The molecule has 0 atom stereocenters. The molecule has 0 aliphatic rings. The summed E-state index contributed by atoms with van der Waals surface area (Å²) in [5, 5.41) is 30.0. The molecule has 7 heteroatoms. The number of aliphatic hydroxyl groups is 3. The second-order valence-corrected chi connectivity index (χ2v) is 4.38. The summed E-state index contributed by atoms with van der Waals surface area (Å²) in [4.78, 5) is 11.9. The molecule has 0 aromatic heterocycles. The maximum absolute atomic E-state index is 11.9. The lowest BCUT2D eigenvalue weighted by Gasteiger charge is -2.28. The van der Waals surface area contributed by atoms with Gasteiger partial charge in [0.05, 0.1) is 25.4 Å². The first-order valence-electron chi connectivity index (χ1n) is 5.18. The molecule has 1 aromatic carbocycles. The van der Waals surface area contributed by atoms with E-state index in [1.807, 2.05) is 0 Å². The maximum Gasteiger partial charge on any atom is 0.254 e. The zero-order chi connectivity index (χ0) is 13.8. The van der Waals surface area contributed by atoms with Gasteiger partial charge in [-0.25, -0.2) is 0 Å². The lowest BCUT2D eigenvalue weighted by atomic mass is 10.0. The standard InChI is InChI=1S/C11H15ClN2O4/c12-7-1-2-8(9(13)3-7)10(18)14-11(4-15,5-16)6-17/h1-3,15-17H,4-6,13H2,(H,14,18). The number of hydrogen-bond acceptors (Lipinski definition) is 5. The van der Waals surface area contributed by atoms with E-state index in [0.717, 1.165) is 0 Å². The van der Waals surface area contributed by atoms with Crippen molar-refractivity contribution < 1.29 is 20.1 Å². The molecule has 6 N–H and O–H groups in total. The Kier molecular flexibility index (Phi) is 4.92. The third-order valence-electron chi connectivity index (χ3n) is 2.54. The van der Waals surface area contributed by atoms with E-state index in [1.165, 1.54) is 18.2 Å². The van der Waals surface area contributed by atoms with Crippen molar-refractivity contribution in [1.82, 2.24) is 5.32 Å². The molecule has 0 spiro atoms. The van der Waals surface area contributed by atoms with Crippen LogP contribution >= 0.6 is 11.6 Å². The number of benzene rings is 1. The zero-order valence-electron chi connectivity index (χ0n) is 9.56. The Balaban J connectivity index is 2.94. The molecular formula is C11H15ClN2O4. The van der Waals surface area contributed by atoms with Crippen LogP contribution in [0.1, 0.15) is 10.4 Å². The summed E-state index contributed by atoms with van der Waals surface area (Å²) in [5.74, 6) is -0.610. The third kappa shape index (κ3) is 3.11. The van der Waals surface area contributed by atoms with E-state index in [2.05, 4.69) is 5.32 Å². The highest BCUT2D eigenvalue weighted by Gasteiger charge is 2.30. The Labute approximate surface area is 109 Å². The summed E-state index contributed by atoms with van der Waals surface area (Å²) in [7, 11) is 0. The molecule has 0 radical (unpaired) electrons. The van der Waals surface area contributed by atoms with Crippen molar-refractivity contribution in [1.29, 1.82) is 0 Å². The van der Waals surface area contributed by atoms with Gasteiger partial charge in [-0.3, -0.25) is 4.79 Å². The van der Waals surface area contributed by atoms with Crippen molar-refractivity contribution in [3.63, 3.8) is 0 Å². The number of nitrogen functional groups attached to an aromatic ring is 1. The van der Waals surface area contributed by atoms with Crippen molar-refractivity contribution in [2.75, 3.05) is 25.6 Å². The average molecular weight is 275 g/mol. The van der Waals surface area contributed by atoms with Crippen LogP contribution in [-0.4, -0.2) is 46.6 Å². The molecule has 1 rings (SSSR count). The number of hydrogen-bond donors (Lipinski definition) is 5. The van der Waals surface area contributed by atoms with Crippen LogP contribution in [0.5, 0.6) is 0 Å². The fourth-order valence-corrected chi connectivity index (χ4v) is 1.50. The Hall–Kier alpha value is -1.34. The van der Waals surface area contributed by atoms with Gasteiger partial charge in [0.2, 0.25) is 0 Å². The van der Waals surface area contributed by atoms with E-state index in [-0.39, 0.29) is 11.3 Å². The number of amides is 1. The number of rotatable bonds is 5. The smallest absolute Gasteiger partial charge is 0.254 e. The minimum Gasteiger partial charge on any atom is -0.398 e. The molecule has 0 saturated carbocycles. The van der Waals surface area contributed by atoms with E-state index in [0.29, 0.717) is 5.02 Å². The van der Waals surface area contributed by atoms with Gasteiger partial charge < -0.3 is 26.4 Å². The van der Waals surface area contributed by atoms with Crippen LogP contribution < -0.4 is 11.1 Å². The predicted octanol–water partition coefficient (Wildman–Crippen LogP) is -0.632. The maximum atomic E-state index is 11.9. The number of nitrogens with two attached hydrogens (primary N) is 1. The fourth-order valence-electron chi connectivity index (χ4n) is 1.32. The van der Waals surface area contributed by atoms with E-state index in [4.69, 9.17) is 32.7 Å². The average Bonchev–Trinajstić information content (AvgIpc) is 2.36. The lowest BCUT2D eigenvalue weighted by molar-refractivity contribution is 0.0375. The normalized spacial score (nSPS) is 11.3. The Morgan fingerprint density at radius 3 is 2.28 bits per heavy atom. The van der Waals surface area contributed by atoms with Crippen LogP contribution in [0.15, 0.2) is 18.2 Å². The largest absolute Gasteiger partial charge is 0.398 e. The quantitative estimate of drug-likeness (QED) is 0.459. The van der Waals surface area contributed by atoms with Gasteiger partial charge in [-0.05, 0) is 18.2 Å². The van der Waals surface area contributed by atoms with Crippen molar-refractivity contribution in [3.05, 3.63) is 28.8 Å². The van der Waals surface area contributed by atoms with E-state index in [9.17, 15) is 4.79 Å². The van der Waals surface area contributed by atoms with E-state index >= 15 is 0 Å². The summed E-state index contributed by atoms with van der Waals surface area (Å²) in [6.07, 6.45) is 0. The highest BCUT2D eigenvalue weighted by Crippen LogP contribution is 2.18. The van der Waals surface area contributed by atoms with Gasteiger partial charge in [0, 0.05) is 10.7 Å². The summed E-state index contributed by atoms with van der Waals surface area (Å²) >= 11 is 5.70. The molecule has 1 amide bonds. The molecule has 100 valence electrons. The first-order valence-corrected chi connectivity index (χ1v) is 5.56. The molecule has 0 unspecified atom stereocenters. The van der Waals surface area contributed by atoms with Crippen molar-refractivity contribution in [2.45, 2.75) is 5.54 Å². The molecule has 1 aromatic rings. The molecule has 18 heavy (non-hydrogen) atoms. The minimum atomic E-state index is -1.48. The van der Waals surface area contributed by atoms with Crippen LogP contribution in [0.2, 0.25) is 5.02 Å². The van der Waals surface area contributed by atoms with Gasteiger partial charge in [-0.2, -0.15) is 0 Å². The van der Waals surface area contributed by atoms with Gasteiger partial charge in [0.1, 0.15) is 5.54 Å². The number of halogens is 1. The Bertz CT molecular complexity index is 427. The summed E-state index contributed by atoms with van der Waals surface area (Å²) in [5.41, 5.74) is 4.47. The fraction of sp³-hybridized carbons (Fsp3) is 0.364. The van der Waals surface area contributed by atoms with Crippen LogP contribution in [0.4, 0.5) is 5.69 Å². The number of carbonyl (C=O) groups is 1. The topological polar surface area (TPSA) is 116 Å². The number of anilines is 1. The molecule has 6 nitrogen and oxygen atoms in total. The van der Waals surface area contributed by atoms with Gasteiger partial charge in [-0.1, -0.05) is 11.6 Å². The van der Waals surface area contributed by atoms with Gasteiger partial charge in [0.25, 0.3) is 5.91 Å². The highest BCUT2D eigenvalue weighted by atomic mass is 35.5. The second-order valence-electron chi connectivity index (χ2n) is 3.94. The predicted molar refractivity (Wildman–Crippen MR) is 67.3 cm³/mol. The molecule has 0 bridgehead atoms. The summed E-state index contributed by atoms with van der Waals surface area (Å²) in [6, 6.07) is 4.32. The first-order chi connectivity index (χ1) is 8.48. The van der Waals surface area contributed by atoms with Crippen LogP contribution in [0.25, 0.3) is 0 Å². The molecule has 0 heterocycles. The number of carbonyl (C=O) groups excluding carboxylic acids is 1. The van der Waals surface area contributed by atoms with E-state index in [1.54, 1.807) is 0 Å². The van der Waals surface area contributed by atoms with Crippen LogP contribution in [0.3, 0.4) is 0 Å². The molecule has 0 aliphatic carbocycles. The Morgan fingerprint density at radius 2 is 1.83 bits per heavy atom. The van der Waals surface area contributed by atoms with Crippen molar-refractivity contribution in [2.24, 2.45) is 0 Å². The van der Waals surface area contributed by atoms with Crippen LogP contribution in [0, 0.1) is 0 Å². The SMILES string of the molecule is Nc1cc(Cl)ccc1C(=O)NC(CO)(CO)CO. The van der Waals surface area contributed by atoms with Crippen molar-refractivity contribution in [3.8, 4) is 0 Å². The van der Waals surface area contributed by atoms with Crippen LogP contribution in [-0.2, 0) is 0 Å². The minimum absolute atomic E-state index is 0.152. The lowest BCUT2D eigenvalue weighted by Crippen LogP contribution is -2.57. The van der Waals surface area contributed by atoms with Gasteiger partial charge >= 0.3 is 0 Å². The summed E-state index contributed by atoms with van der Waals surface area (Å²) < 4.78 is 0. The van der Waals surface area contributed by atoms with Gasteiger partial charge in [-0.15, -0.1) is 0 Å². The second kappa shape index (κ2) is 6.01. The monoisotopic (exact) mass is 274 g/mol. The first kappa shape index (κ1) is 14.7. The molecule has 0 aliphatic heterocycles. The Morgan fingerprint density at radius 1 is 1.28 bits per heavy atom. The molecule has 0 saturated heterocycles. The number of nitrogens with one attached hydrogen (secondary N) is 1. The summed E-state index contributed by atoms with van der Waals surface area (Å²) in [6.45, 7) is -1.79. The number of aliphatic hydroxyl groups excluding tert-OH is 3. The molecule has 0 fully saturated rings. The van der Waals surface area contributed by atoms with E-state index < -0.39 is 31.3 Å². The highest BCUT2D eigenvalue weighted by molar-refractivity contribution is 6.31. The third-order valence-corrected chi connectivity index (χ3v) is 2.78. The van der Waals surface area contributed by atoms with Gasteiger partial charge in [0.15, 0.2) is 0 Å².